The minimum absolute atomic E-state index is 0.146. The van der Waals surface area contributed by atoms with Gasteiger partial charge >= 0.3 is 0 Å². The molecule has 0 bridgehead atoms. The van der Waals surface area contributed by atoms with Crippen molar-refractivity contribution in [3.63, 3.8) is 0 Å². The van der Waals surface area contributed by atoms with Gasteiger partial charge in [-0.3, -0.25) is 4.79 Å². The number of H-pyrrole nitrogens is 1. The minimum Gasteiger partial charge on any atom is -0.496 e. The van der Waals surface area contributed by atoms with Crippen molar-refractivity contribution in [2.24, 2.45) is 0 Å². The largest absolute Gasteiger partial charge is 0.496 e. The highest BCUT2D eigenvalue weighted by Gasteiger charge is 2.20. The van der Waals surface area contributed by atoms with Gasteiger partial charge in [-0.2, -0.15) is 0 Å². The summed E-state index contributed by atoms with van der Waals surface area (Å²) in [5.74, 6) is 2.00. The number of rotatable bonds is 7. The van der Waals surface area contributed by atoms with E-state index in [9.17, 15) is 4.79 Å². The van der Waals surface area contributed by atoms with Crippen molar-refractivity contribution in [2.75, 3.05) is 27.9 Å². The number of para-hydroxylation sites is 1. The molecule has 26 heavy (non-hydrogen) atoms. The van der Waals surface area contributed by atoms with Crippen molar-refractivity contribution >= 4 is 21.8 Å². The Kier molecular flexibility index (Phi) is 5.21. The fourth-order valence-corrected chi connectivity index (χ4v) is 3.03. The van der Waals surface area contributed by atoms with Gasteiger partial charge in [0.05, 0.1) is 44.2 Å². The Hall–Kier alpha value is -2.89. The summed E-state index contributed by atoms with van der Waals surface area (Å²) in [5, 5.41) is 0.959. The third-order valence-corrected chi connectivity index (χ3v) is 4.36. The first-order chi connectivity index (χ1) is 12.7. The molecule has 6 nitrogen and oxygen atoms in total. The van der Waals surface area contributed by atoms with Gasteiger partial charge in [0.2, 0.25) is 5.43 Å². The molecular formula is C20H23NO5. The Labute approximate surface area is 151 Å². The number of aromatic amines is 1. The third-order valence-electron chi connectivity index (χ3n) is 4.36. The number of pyridine rings is 1. The highest BCUT2D eigenvalue weighted by molar-refractivity contribution is 6.01. The van der Waals surface area contributed by atoms with Gasteiger partial charge in [0, 0.05) is 6.07 Å². The standard InChI is InChI=1S/C20H23NO5/c1-5-6-10-26-13-9-7-8-12-17(13)21-18-16(19(12)22)14(23-2)11-15(24-3)20(18)25-4/h7-9,11H,5-6,10H2,1-4H3,(H,21,22). The van der Waals surface area contributed by atoms with Crippen molar-refractivity contribution < 1.29 is 18.9 Å². The van der Waals surface area contributed by atoms with Crippen LogP contribution in [0, 0.1) is 0 Å². The van der Waals surface area contributed by atoms with E-state index < -0.39 is 0 Å². The molecule has 0 aliphatic carbocycles. The number of hydrogen-bond acceptors (Lipinski definition) is 5. The summed E-state index contributed by atoms with van der Waals surface area (Å²) < 4.78 is 22.2. The van der Waals surface area contributed by atoms with Crippen LogP contribution in [0.1, 0.15) is 19.8 Å². The Morgan fingerprint density at radius 3 is 2.38 bits per heavy atom. The van der Waals surface area contributed by atoms with Crippen molar-refractivity contribution in [3.05, 3.63) is 34.5 Å². The highest BCUT2D eigenvalue weighted by atomic mass is 16.5. The lowest BCUT2D eigenvalue weighted by Crippen LogP contribution is -2.09. The summed E-state index contributed by atoms with van der Waals surface area (Å²) >= 11 is 0. The maximum atomic E-state index is 13.2. The third kappa shape index (κ3) is 2.92. The van der Waals surface area contributed by atoms with Crippen LogP contribution in [-0.2, 0) is 0 Å². The smallest absolute Gasteiger partial charge is 0.201 e. The fraction of sp³-hybridized carbons (Fsp3) is 0.350. The van der Waals surface area contributed by atoms with Crippen molar-refractivity contribution in [1.82, 2.24) is 4.98 Å². The first kappa shape index (κ1) is 17.9. The Morgan fingerprint density at radius 1 is 0.962 bits per heavy atom. The molecule has 0 saturated carbocycles. The SMILES string of the molecule is CCCCOc1cccc2c(=O)c3c(OC)cc(OC)c(OC)c3[nH]c12. The van der Waals surface area contributed by atoms with Crippen LogP contribution >= 0.6 is 0 Å². The molecule has 1 N–H and O–H groups in total. The highest BCUT2D eigenvalue weighted by Crippen LogP contribution is 2.40. The van der Waals surface area contributed by atoms with E-state index in [-0.39, 0.29) is 5.43 Å². The van der Waals surface area contributed by atoms with Gasteiger partial charge in [-0.15, -0.1) is 0 Å². The molecule has 3 rings (SSSR count). The zero-order chi connectivity index (χ0) is 18.7. The average Bonchev–Trinajstić information content (AvgIpc) is 2.67. The van der Waals surface area contributed by atoms with Gasteiger partial charge in [-0.1, -0.05) is 19.4 Å². The molecule has 6 heteroatoms. The number of unbranched alkanes of at least 4 members (excludes halogenated alkanes) is 1. The molecule has 3 aromatic rings. The predicted octanol–water partition coefficient (Wildman–Crippen LogP) is 3.89. The molecule has 0 spiro atoms. The Morgan fingerprint density at radius 2 is 1.73 bits per heavy atom. The second kappa shape index (κ2) is 7.56. The number of ether oxygens (including phenoxy) is 4. The summed E-state index contributed by atoms with van der Waals surface area (Å²) in [4.78, 5) is 16.5. The van der Waals surface area contributed by atoms with Gasteiger partial charge in [-0.25, -0.2) is 0 Å². The molecule has 1 aromatic heterocycles. The summed E-state index contributed by atoms with van der Waals surface area (Å²) in [7, 11) is 4.60. The van der Waals surface area contributed by atoms with Crippen LogP contribution in [0.5, 0.6) is 23.0 Å². The predicted molar refractivity (Wildman–Crippen MR) is 102 cm³/mol. The molecule has 0 saturated heterocycles. The van der Waals surface area contributed by atoms with Crippen LogP contribution in [-0.4, -0.2) is 32.9 Å². The first-order valence-electron chi connectivity index (χ1n) is 8.56. The van der Waals surface area contributed by atoms with Gasteiger partial charge in [0.25, 0.3) is 0 Å². The molecule has 0 fully saturated rings. The van der Waals surface area contributed by atoms with E-state index in [1.807, 2.05) is 12.1 Å². The van der Waals surface area contributed by atoms with Crippen LogP contribution in [0.4, 0.5) is 0 Å². The van der Waals surface area contributed by atoms with E-state index in [4.69, 9.17) is 18.9 Å². The molecule has 2 aromatic carbocycles. The molecule has 0 amide bonds. The zero-order valence-corrected chi connectivity index (χ0v) is 15.5. The monoisotopic (exact) mass is 357 g/mol. The number of benzene rings is 2. The maximum absolute atomic E-state index is 13.2. The fourth-order valence-electron chi connectivity index (χ4n) is 3.03. The quantitative estimate of drug-likeness (QED) is 0.513. The minimum atomic E-state index is -0.146. The molecular weight excluding hydrogens is 334 g/mol. The van der Waals surface area contributed by atoms with E-state index in [0.29, 0.717) is 51.4 Å². The summed E-state index contributed by atoms with van der Waals surface area (Å²) in [6.07, 6.45) is 1.98. The van der Waals surface area contributed by atoms with E-state index in [0.717, 1.165) is 12.8 Å². The van der Waals surface area contributed by atoms with Crippen LogP contribution in [0.2, 0.25) is 0 Å². The molecule has 0 radical (unpaired) electrons. The number of methoxy groups -OCH3 is 3. The summed E-state index contributed by atoms with van der Waals surface area (Å²) in [6, 6.07) is 7.10. The Balaban J connectivity index is 2.37. The zero-order valence-electron chi connectivity index (χ0n) is 15.5. The summed E-state index contributed by atoms with van der Waals surface area (Å²) in [6.45, 7) is 2.69. The molecule has 1 heterocycles. The lowest BCUT2D eigenvalue weighted by atomic mass is 10.1. The van der Waals surface area contributed by atoms with E-state index in [1.165, 1.54) is 14.2 Å². The van der Waals surface area contributed by atoms with Gasteiger partial charge in [0.15, 0.2) is 11.5 Å². The van der Waals surface area contributed by atoms with E-state index >= 15 is 0 Å². The Bertz CT molecular complexity index is 993. The van der Waals surface area contributed by atoms with Crippen molar-refractivity contribution in [2.45, 2.75) is 19.8 Å². The van der Waals surface area contributed by atoms with Crippen LogP contribution in [0.25, 0.3) is 21.8 Å². The lowest BCUT2D eigenvalue weighted by Gasteiger charge is -2.15. The van der Waals surface area contributed by atoms with Crippen molar-refractivity contribution in [1.29, 1.82) is 0 Å². The number of aromatic nitrogens is 1. The number of hydrogen-bond donors (Lipinski definition) is 1. The molecule has 138 valence electrons. The molecule has 0 aliphatic heterocycles. The second-order valence-electron chi connectivity index (χ2n) is 5.90. The second-order valence-corrected chi connectivity index (χ2v) is 5.90. The van der Waals surface area contributed by atoms with Crippen LogP contribution < -0.4 is 24.4 Å². The van der Waals surface area contributed by atoms with E-state index in [2.05, 4.69) is 11.9 Å². The molecule has 0 atom stereocenters. The topological polar surface area (TPSA) is 69.8 Å². The van der Waals surface area contributed by atoms with Crippen LogP contribution in [0.3, 0.4) is 0 Å². The molecule has 0 aliphatic rings. The maximum Gasteiger partial charge on any atom is 0.201 e. The normalized spacial score (nSPS) is 10.9. The van der Waals surface area contributed by atoms with Gasteiger partial charge < -0.3 is 23.9 Å². The number of fused-ring (bicyclic) bond motifs is 2. The van der Waals surface area contributed by atoms with Crippen molar-refractivity contribution in [3.8, 4) is 23.0 Å². The molecule has 0 unspecified atom stereocenters. The van der Waals surface area contributed by atoms with Gasteiger partial charge in [0.1, 0.15) is 17.0 Å². The average molecular weight is 357 g/mol. The van der Waals surface area contributed by atoms with E-state index in [1.54, 1.807) is 19.2 Å². The van der Waals surface area contributed by atoms with Crippen LogP contribution in [0.15, 0.2) is 29.1 Å². The summed E-state index contributed by atoms with van der Waals surface area (Å²) in [5.41, 5.74) is 1.01. The first-order valence-corrected chi connectivity index (χ1v) is 8.56. The van der Waals surface area contributed by atoms with Gasteiger partial charge in [-0.05, 0) is 18.6 Å². The number of nitrogens with one attached hydrogen (secondary N) is 1. The lowest BCUT2D eigenvalue weighted by molar-refractivity contribution is 0.312.